The maximum atomic E-state index is 14.2. The zero-order valence-electron chi connectivity index (χ0n) is 43.4. The average molecular weight is 943 g/mol. The smallest absolute Gasteiger partial charge is 0.346 e. The van der Waals surface area contributed by atoms with Gasteiger partial charge in [-0.2, -0.15) is 0 Å². The summed E-state index contributed by atoms with van der Waals surface area (Å²) in [6.07, 6.45) is 0. The standard InChI is InChI=1S/C64H62O7/c1-35-31-47(67-41-23-15-37(16-24-41)61(3,4)5)53-55-49(69-43-27-19-39(20-28-43)63(9,10)11)33-45-52-46(60(66)71-59(45)65)34-50(70-44-29-21-40(22-30-44)64(12,13)14)56(58(52)55)54-48(32-36(2)51(35)57(53)54)68-42-25-17-38(18-26-42)62(6,7)8/h15-34H,1-14H3. The second-order valence-electron chi connectivity index (χ2n) is 23.4. The predicted octanol–water partition coefficient (Wildman–Crippen LogP) is 18.0. The molecule has 9 aromatic rings. The van der Waals surface area contributed by atoms with Crippen LogP contribution in [0.15, 0.2) is 121 Å². The van der Waals surface area contributed by atoms with Crippen LogP contribution in [-0.4, -0.2) is 11.9 Å². The monoisotopic (exact) mass is 942 g/mol. The fraction of sp³-hybridized carbons (Fsp3) is 0.281. The van der Waals surface area contributed by atoms with Crippen molar-refractivity contribution in [3.63, 3.8) is 0 Å². The summed E-state index contributed by atoms with van der Waals surface area (Å²) in [5.41, 5.74) is 6.68. The Labute approximate surface area is 417 Å². The Balaban J connectivity index is 1.38. The highest BCUT2D eigenvalue weighted by Crippen LogP contribution is 2.57. The van der Waals surface area contributed by atoms with Crippen molar-refractivity contribution in [3.05, 3.63) is 166 Å². The van der Waals surface area contributed by atoms with Crippen molar-refractivity contribution in [2.75, 3.05) is 0 Å². The van der Waals surface area contributed by atoms with E-state index in [4.69, 9.17) is 23.7 Å². The molecule has 0 fully saturated rings. The highest BCUT2D eigenvalue weighted by Gasteiger charge is 2.36. The van der Waals surface area contributed by atoms with Crippen molar-refractivity contribution in [1.82, 2.24) is 0 Å². The molecule has 0 saturated carbocycles. The minimum Gasteiger partial charge on any atom is -0.457 e. The molecule has 0 radical (unpaired) electrons. The van der Waals surface area contributed by atoms with Gasteiger partial charge in [0.15, 0.2) is 0 Å². The normalized spacial score (nSPS) is 13.4. The number of benzene rings is 9. The van der Waals surface area contributed by atoms with Crippen LogP contribution in [0.25, 0.3) is 43.1 Å². The summed E-state index contributed by atoms with van der Waals surface area (Å²) in [5.74, 6) is 2.78. The summed E-state index contributed by atoms with van der Waals surface area (Å²) in [7, 11) is 0. The lowest BCUT2D eigenvalue weighted by Crippen LogP contribution is -2.20. The SMILES string of the molecule is Cc1cc(Oc2ccc(C(C)(C)C)cc2)c2c3c(Oc4ccc(C(C)(C)C)cc4)cc4c5c(cc(Oc6ccc(C(C)(C)C)cc6)c(c6c(Oc7ccc(C(C)(C)C)cc7)cc(C)c1c26)c53)C(=O)OC4=O. The Hall–Kier alpha value is -7.38. The largest absolute Gasteiger partial charge is 0.457 e. The number of esters is 2. The minimum atomic E-state index is -0.769. The van der Waals surface area contributed by atoms with Crippen LogP contribution in [0.4, 0.5) is 0 Å². The van der Waals surface area contributed by atoms with Gasteiger partial charge in [0.1, 0.15) is 46.0 Å². The number of ether oxygens (including phenoxy) is 5. The molecular weight excluding hydrogens is 881 g/mol. The Morgan fingerprint density at radius 2 is 0.549 bits per heavy atom. The second-order valence-corrected chi connectivity index (χ2v) is 23.4. The Morgan fingerprint density at radius 3 is 0.803 bits per heavy atom. The molecule has 9 aromatic carbocycles. The van der Waals surface area contributed by atoms with Gasteiger partial charge in [0.25, 0.3) is 0 Å². The van der Waals surface area contributed by atoms with Crippen LogP contribution in [0.5, 0.6) is 46.0 Å². The fourth-order valence-electron chi connectivity index (χ4n) is 10.0. The van der Waals surface area contributed by atoms with Gasteiger partial charge in [-0.3, -0.25) is 0 Å². The predicted molar refractivity (Wildman–Crippen MR) is 288 cm³/mol. The van der Waals surface area contributed by atoms with Gasteiger partial charge in [-0.05, 0) is 147 Å². The van der Waals surface area contributed by atoms with Gasteiger partial charge in [0.05, 0.1) is 11.1 Å². The van der Waals surface area contributed by atoms with Crippen molar-refractivity contribution < 1.29 is 33.3 Å². The summed E-state index contributed by atoms with van der Waals surface area (Å²) in [6.45, 7) is 30.4. The first kappa shape index (κ1) is 47.3. The molecule has 0 amide bonds. The van der Waals surface area contributed by atoms with E-state index in [2.05, 4.69) is 158 Å². The number of hydrogen-bond donors (Lipinski definition) is 0. The van der Waals surface area contributed by atoms with E-state index in [1.165, 1.54) is 11.1 Å². The average Bonchev–Trinajstić information content (AvgIpc) is 3.28. The van der Waals surface area contributed by atoms with E-state index in [1.54, 1.807) is 12.1 Å². The molecule has 0 N–H and O–H groups in total. The zero-order chi connectivity index (χ0) is 50.7. The number of aryl methyl sites for hydroxylation is 2. The molecule has 0 bridgehead atoms. The first-order valence-electron chi connectivity index (χ1n) is 24.5. The molecule has 1 aliphatic heterocycles. The van der Waals surface area contributed by atoms with Crippen molar-refractivity contribution >= 4 is 55.0 Å². The maximum absolute atomic E-state index is 14.2. The second kappa shape index (κ2) is 16.6. The topological polar surface area (TPSA) is 80.3 Å². The van der Waals surface area contributed by atoms with Gasteiger partial charge in [0, 0.05) is 37.7 Å². The number of carbonyl (C=O) groups excluding carboxylic acids is 2. The lowest BCUT2D eigenvalue weighted by atomic mass is 9.82. The molecule has 0 aliphatic carbocycles. The van der Waals surface area contributed by atoms with Crippen LogP contribution in [0.1, 0.15) is 137 Å². The molecule has 0 aromatic heterocycles. The molecule has 0 saturated heterocycles. The molecule has 1 heterocycles. The van der Waals surface area contributed by atoms with E-state index in [0.717, 1.165) is 43.8 Å². The number of hydrogen-bond acceptors (Lipinski definition) is 7. The number of fused-ring (bicyclic) bond motifs is 2. The zero-order valence-corrected chi connectivity index (χ0v) is 43.4. The van der Waals surface area contributed by atoms with Crippen LogP contribution < -0.4 is 18.9 Å². The lowest BCUT2D eigenvalue weighted by molar-refractivity contribution is 0.0390. The van der Waals surface area contributed by atoms with Crippen molar-refractivity contribution in [3.8, 4) is 46.0 Å². The van der Waals surface area contributed by atoms with Crippen LogP contribution in [0, 0.1) is 13.8 Å². The molecule has 7 heteroatoms. The molecule has 0 unspecified atom stereocenters. The minimum absolute atomic E-state index is 0.0654. The third-order valence-electron chi connectivity index (χ3n) is 14.0. The van der Waals surface area contributed by atoms with Gasteiger partial charge >= 0.3 is 11.9 Å². The highest BCUT2D eigenvalue weighted by molar-refractivity contribution is 6.41. The fourth-order valence-corrected chi connectivity index (χ4v) is 10.0. The first-order valence-corrected chi connectivity index (χ1v) is 24.5. The number of carbonyl (C=O) groups is 2. The first-order chi connectivity index (χ1) is 33.3. The lowest BCUT2D eigenvalue weighted by Gasteiger charge is -2.27. The molecule has 360 valence electrons. The van der Waals surface area contributed by atoms with Crippen molar-refractivity contribution in [2.45, 2.75) is 119 Å². The van der Waals surface area contributed by atoms with Crippen LogP contribution in [0.2, 0.25) is 0 Å². The van der Waals surface area contributed by atoms with Crippen LogP contribution >= 0.6 is 0 Å². The highest BCUT2D eigenvalue weighted by atomic mass is 16.6. The molecule has 10 rings (SSSR count). The third-order valence-corrected chi connectivity index (χ3v) is 14.0. The number of cyclic esters (lactones) is 2. The van der Waals surface area contributed by atoms with Crippen molar-refractivity contribution in [2.24, 2.45) is 0 Å². The molecule has 0 atom stereocenters. The van der Waals surface area contributed by atoms with E-state index in [9.17, 15) is 9.59 Å². The maximum Gasteiger partial charge on any atom is 0.346 e. The Morgan fingerprint density at radius 1 is 0.310 bits per heavy atom. The van der Waals surface area contributed by atoms with E-state index < -0.39 is 11.9 Å². The van der Waals surface area contributed by atoms with Gasteiger partial charge in [0.2, 0.25) is 0 Å². The van der Waals surface area contributed by atoms with E-state index >= 15 is 0 Å². The van der Waals surface area contributed by atoms with Gasteiger partial charge in [-0.25, -0.2) is 9.59 Å². The van der Waals surface area contributed by atoms with Crippen LogP contribution in [-0.2, 0) is 26.4 Å². The van der Waals surface area contributed by atoms with E-state index in [0.29, 0.717) is 67.5 Å². The molecule has 71 heavy (non-hydrogen) atoms. The van der Waals surface area contributed by atoms with Crippen LogP contribution in [0.3, 0.4) is 0 Å². The molecule has 1 aliphatic rings. The molecular formula is C64H62O7. The van der Waals surface area contributed by atoms with Crippen molar-refractivity contribution in [1.29, 1.82) is 0 Å². The third kappa shape index (κ3) is 8.49. The molecule has 0 spiro atoms. The Kier molecular flexibility index (Phi) is 11.1. The summed E-state index contributed by atoms with van der Waals surface area (Å²) in [6, 6.07) is 40.1. The Bertz CT molecular complexity index is 3360. The van der Waals surface area contributed by atoms with Gasteiger partial charge < -0.3 is 23.7 Å². The summed E-state index contributed by atoms with van der Waals surface area (Å²) < 4.78 is 33.9. The van der Waals surface area contributed by atoms with Gasteiger partial charge in [-0.15, -0.1) is 0 Å². The quantitative estimate of drug-likeness (QED) is 0.0650. The summed E-state index contributed by atoms with van der Waals surface area (Å²) in [4.78, 5) is 28.4. The summed E-state index contributed by atoms with van der Waals surface area (Å²) in [5, 5.41) is 5.59. The van der Waals surface area contributed by atoms with E-state index in [-0.39, 0.29) is 32.8 Å². The van der Waals surface area contributed by atoms with E-state index in [1.807, 2.05) is 48.5 Å². The summed E-state index contributed by atoms with van der Waals surface area (Å²) >= 11 is 0. The molecule has 7 nitrogen and oxygen atoms in total. The number of rotatable bonds is 8. The van der Waals surface area contributed by atoms with Gasteiger partial charge in [-0.1, -0.05) is 132 Å².